The number of nitrogens with zero attached hydrogens (tertiary/aromatic N) is 1. The number of fused-ring (bicyclic) bond motifs is 1. The van der Waals surface area contributed by atoms with Gasteiger partial charge in [0.25, 0.3) is 0 Å². The number of hydrogen-bond donors (Lipinski definition) is 1. The Kier molecular flexibility index (Phi) is 4.71. The van der Waals surface area contributed by atoms with E-state index < -0.39 is 0 Å². The van der Waals surface area contributed by atoms with Crippen LogP contribution < -0.4 is 5.32 Å². The molecule has 0 spiro atoms. The fourth-order valence-electron chi connectivity index (χ4n) is 3.61. The Morgan fingerprint density at radius 3 is 2.80 bits per heavy atom. The molecule has 3 rings (SSSR count). The highest BCUT2D eigenvalue weighted by atomic mass is 16.5. The molecule has 0 saturated carbocycles. The van der Waals surface area contributed by atoms with Crippen molar-refractivity contribution in [3.05, 3.63) is 35.4 Å². The van der Waals surface area contributed by atoms with E-state index in [0.717, 1.165) is 19.7 Å². The standard InChI is InChI=1S/C17H26N2O/c1-2-20-15-8-11-19(12-9-15)17-7-10-18-13-14-5-3-4-6-16(14)17/h3-6,15,17-18H,2,7-13H2,1H3. The van der Waals surface area contributed by atoms with Crippen molar-refractivity contribution in [3.63, 3.8) is 0 Å². The van der Waals surface area contributed by atoms with Crippen LogP contribution in [-0.2, 0) is 11.3 Å². The summed E-state index contributed by atoms with van der Waals surface area (Å²) in [6, 6.07) is 9.52. The monoisotopic (exact) mass is 274 g/mol. The van der Waals surface area contributed by atoms with Crippen molar-refractivity contribution in [2.75, 3.05) is 26.2 Å². The first-order valence-electron chi connectivity index (χ1n) is 8.02. The fraction of sp³-hybridized carbons (Fsp3) is 0.647. The molecule has 20 heavy (non-hydrogen) atoms. The van der Waals surface area contributed by atoms with Gasteiger partial charge in [0.1, 0.15) is 0 Å². The van der Waals surface area contributed by atoms with Crippen LogP contribution in [0.15, 0.2) is 24.3 Å². The van der Waals surface area contributed by atoms with E-state index in [1.165, 1.54) is 43.5 Å². The third-order valence-corrected chi connectivity index (χ3v) is 4.64. The van der Waals surface area contributed by atoms with E-state index in [-0.39, 0.29) is 0 Å². The van der Waals surface area contributed by atoms with E-state index in [0.29, 0.717) is 12.1 Å². The summed E-state index contributed by atoms with van der Waals surface area (Å²) < 4.78 is 5.77. The smallest absolute Gasteiger partial charge is 0.0599 e. The van der Waals surface area contributed by atoms with E-state index >= 15 is 0 Å². The van der Waals surface area contributed by atoms with Gasteiger partial charge < -0.3 is 10.1 Å². The molecule has 0 aromatic heterocycles. The lowest BCUT2D eigenvalue weighted by atomic mass is 9.95. The highest BCUT2D eigenvalue weighted by Crippen LogP contribution is 2.31. The van der Waals surface area contributed by atoms with Crippen molar-refractivity contribution in [2.24, 2.45) is 0 Å². The molecule has 2 aliphatic heterocycles. The summed E-state index contributed by atoms with van der Waals surface area (Å²) in [4.78, 5) is 2.67. The molecule has 1 N–H and O–H groups in total. The van der Waals surface area contributed by atoms with Gasteiger partial charge in [-0.3, -0.25) is 4.90 Å². The molecule has 3 nitrogen and oxygen atoms in total. The molecule has 2 heterocycles. The number of nitrogens with one attached hydrogen (secondary N) is 1. The zero-order chi connectivity index (χ0) is 13.8. The minimum atomic E-state index is 0.482. The molecular weight excluding hydrogens is 248 g/mol. The normalized spacial score (nSPS) is 25.1. The molecule has 1 atom stereocenters. The van der Waals surface area contributed by atoms with Gasteiger partial charge in [0.05, 0.1) is 6.10 Å². The van der Waals surface area contributed by atoms with Gasteiger partial charge in [0.2, 0.25) is 0 Å². The maximum atomic E-state index is 5.77. The highest BCUT2D eigenvalue weighted by Gasteiger charge is 2.28. The van der Waals surface area contributed by atoms with Crippen LogP contribution in [0, 0.1) is 0 Å². The predicted octanol–water partition coefficient (Wildman–Crippen LogP) is 2.72. The summed E-state index contributed by atoms with van der Waals surface area (Å²) in [5.74, 6) is 0. The Morgan fingerprint density at radius 1 is 1.20 bits per heavy atom. The molecular formula is C17H26N2O. The van der Waals surface area contributed by atoms with Crippen molar-refractivity contribution in [3.8, 4) is 0 Å². The summed E-state index contributed by atoms with van der Waals surface area (Å²) in [6.07, 6.45) is 4.06. The molecule has 1 saturated heterocycles. The van der Waals surface area contributed by atoms with Gasteiger partial charge in [-0.25, -0.2) is 0 Å². The largest absolute Gasteiger partial charge is 0.378 e. The molecule has 1 aromatic carbocycles. The van der Waals surface area contributed by atoms with Crippen LogP contribution in [0.5, 0.6) is 0 Å². The first-order chi connectivity index (χ1) is 9.88. The number of benzene rings is 1. The molecule has 1 fully saturated rings. The summed E-state index contributed by atoms with van der Waals surface area (Å²) in [7, 11) is 0. The lowest BCUT2D eigenvalue weighted by Gasteiger charge is -2.37. The van der Waals surface area contributed by atoms with Crippen molar-refractivity contribution in [1.82, 2.24) is 10.2 Å². The number of ether oxygens (including phenoxy) is 1. The van der Waals surface area contributed by atoms with Crippen LogP contribution in [0.25, 0.3) is 0 Å². The summed E-state index contributed by atoms with van der Waals surface area (Å²) in [5.41, 5.74) is 3.01. The van der Waals surface area contributed by atoms with Crippen molar-refractivity contribution in [1.29, 1.82) is 0 Å². The predicted molar refractivity (Wildman–Crippen MR) is 81.7 cm³/mol. The number of rotatable bonds is 3. The topological polar surface area (TPSA) is 24.5 Å². The highest BCUT2D eigenvalue weighted by molar-refractivity contribution is 5.31. The molecule has 0 aliphatic carbocycles. The van der Waals surface area contributed by atoms with Gasteiger partial charge in [0, 0.05) is 32.3 Å². The van der Waals surface area contributed by atoms with Gasteiger partial charge in [-0.05, 0) is 43.9 Å². The summed E-state index contributed by atoms with van der Waals surface area (Å²) >= 11 is 0. The molecule has 0 radical (unpaired) electrons. The van der Waals surface area contributed by atoms with Crippen LogP contribution in [0.3, 0.4) is 0 Å². The Labute approximate surface area is 122 Å². The molecule has 1 aromatic rings. The quantitative estimate of drug-likeness (QED) is 0.917. The molecule has 110 valence electrons. The van der Waals surface area contributed by atoms with Crippen LogP contribution in [-0.4, -0.2) is 37.2 Å². The molecule has 2 aliphatic rings. The summed E-state index contributed by atoms with van der Waals surface area (Å²) in [5, 5.41) is 3.55. The van der Waals surface area contributed by atoms with Gasteiger partial charge in [0.15, 0.2) is 0 Å². The molecule has 0 bridgehead atoms. The van der Waals surface area contributed by atoms with E-state index in [1.54, 1.807) is 0 Å². The zero-order valence-corrected chi connectivity index (χ0v) is 12.5. The van der Waals surface area contributed by atoms with E-state index in [2.05, 4.69) is 41.4 Å². The van der Waals surface area contributed by atoms with Crippen LogP contribution >= 0.6 is 0 Å². The lowest BCUT2D eigenvalue weighted by Crippen LogP contribution is -2.39. The first-order valence-corrected chi connectivity index (χ1v) is 8.02. The summed E-state index contributed by atoms with van der Waals surface area (Å²) in [6.45, 7) is 7.42. The van der Waals surface area contributed by atoms with Gasteiger partial charge >= 0.3 is 0 Å². The minimum Gasteiger partial charge on any atom is -0.378 e. The van der Waals surface area contributed by atoms with E-state index in [1.807, 2.05) is 0 Å². The van der Waals surface area contributed by atoms with Gasteiger partial charge in [-0.1, -0.05) is 24.3 Å². The van der Waals surface area contributed by atoms with Crippen molar-refractivity contribution in [2.45, 2.75) is 44.9 Å². The third-order valence-electron chi connectivity index (χ3n) is 4.64. The Balaban J connectivity index is 1.71. The van der Waals surface area contributed by atoms with Crippen molar-refractivity contribution >= 4 is 0 Å². The fourth-order valence-corrected chi connectivity index (χ4v) is 3.61. The van der Waals surface area contributed by atoms with Crippen LogP contribution in [0.4, 0.5) is 0 Å². The van der Waals surface area contributed by atoms with E-state index in [9.17, 15) is 0 Å². The SMILES string of the molecule is CCOC1CCN(C2CCNCc3ccccc32)CC1. The lowest BCUT2D eigenvalue weighted by molar-refractivity contribution is 0.00289. The number of hydrogen-bond acceptors (Lipinski definition) is 3. The maximum absolute atomic E-state index is 5.77. The third kappa shape index (κ3) is 3.05. The second-order valence-electron chi connectivity index (χ2n) is 5.87. The zero-order valence-electron chi connectivity index (χ0n) is 12.5. The maximum Gasteiger partial charge on any atom is 0.0599 e. The number of likely N-dealkylation sites (tertiary alicyclic amines) is 1. The van der Waals surface area contributed by atoms with Gasteiger partial charge in [-0.15, -0.1) is 0 Å². The van der Waals surface area contributed by atoms with Crippen molar-refractivity contribution < 1.29 is 4.74 Å². The van der Waals surface area contributed by atoms with Crippen LogP contribution in [0.1, 0.15) is 43.4 Å². The van der Waals surface area contributed by atoms with E-state index in [4.69, 9.17) is 4.74 Å². The molecule has 0 amide bonds. The Hall–Kier alpha value is -0.900. The number of piperidine rings is 1. The minimum absolute atomic E-state index is 0.482. The Bertz CT molecular complexity index is 427. The molecule has 3 heteroatoms. The van der Waals surface area contributed by atoms with Gasteiger partial charge in [-0.2, -0.15) is 0 Å². The van der Waals surface area contributed by atoms with Crippen LogP contribution in [0.2, 0.25) is 0 Å². The molecule has 1 unspecified atom stereocenters. The second-order valence-corrected chi connectivity index (χ2v) is 5.87. The average molecular weight is 274 g/mol. The Morgan fingerprint density at radius 2 is 2.00 bits per heavy atom. The average Bonchev–Trinajstić information content (AvgIpc) is 2.71. The first kappa shape index (κ1) is 14.1. The second kappa shape index (κ2) is 6.70.